The molecule has 2 aromatic rings. The van der Waals surface area contributed by atoms with E-state index in [9.17, 15) is 5.26 Å². The van der Waals surface area contributed by atoms with Crippen LogP contribution >= 0.6 is 0 Å². The molecule has 3 heterocycles. The number of fused-ring (bicyclic) bond motifs is 4. The number of benzene rings is 2. The van der Waals surface area contributed by atoms with Crippen molar-refractivity contribution in [3.63, 3.8) is 0 Å². The van der Waals surface area contributed by atoms with E-state index in [2.05, 4.69) is 48.3 Å². The quantitative estimate of drug-likeness (QED) is 0.409. The zero-order valence-corrected chi connectivity index (χ0v) is 26.0. The summed E-state index contributed by atoms with van der Waals surface area (Å²) in [6.07, 6.45) is 1.34. The summed E-state index contributed by atoms with van der Waals surface area (Å²) in [5, 5.41) is 13.6. The summed E-state index contributed by atoms with van der Waals surface area (Å²) in [5.74, 6) is 3.24. The maximum Gasteiger partial charge on any atom is 0.232 e. The monoisotopic (exact) mass is 582 g/mol. The first-order chi connectivity index (χ1) is 20.2. The Bertz CT molecular complexity index is 1360. The van der Waals surface area contributed by atoms with Gasteiger partial charge in [-0.25, -0.2) is 0 Å². The molecule has 2 bridgehead atoms. The number of aldehydes is 1. The summed E-state index contributed by atoms with van der Waals surface area (Å²) in [6.45, 7) is 10.0. The molecule has 0 spiro atoms. The molecule has 2 aromatic carbocycles. The van der Waals surface area contributed by atoms with E-state index in [1.54, 1.807) is 7.11 Å². The number of nitriles is 1. The molecule has 3 aliphatic heterocycles. The lowest BCUT2D eigenvalue weighted by Gasteiger charge is -2.49. The van der Waals surface area contributed by atoms with Crippen LogP contribution in [0, 0.1) is 32.1 Å². The summed E-state index contributed by atoms with van der Waals surface area (Å²) in [4.78, 5) is 25.0. The van der Waals surface area contributed by atoms with E-state index < -0.39 is 6.04 Å². The molecule has 3 aliphatic rings. The van der Waals surface area contributed by atoms with E-state index in [0.29, 0.717) is 41.7 Å². The SMILES string of the molecule is CC=O.CNC[C@H]1c2c3c(c(C)c4c2OCO4)OOCOc2c(OC)c(C)cc(C)c2[C@@H](N(C)C)C(C3)N1C(C)C#N. The molecular formula is C31H42N4O7. The molecule has 4 atom stereocenters. The zero-order chi connectivity index (χ0) is 30.7. The molecule has 228 valence electrons. The van der Waals surface area contributed by atoms with Gasteiger partial charge in [-0.3, -0.25) is 4.90 Å². The van der Waals surface area contributed by atoms with Gasteiger partial charge >= 0.3 is 0 Å². The molecule has 0 radical (unpaired) electrons. The Morgan fingerprint density at radius 2 is 1.79 bits per heavy atom. The number of likely N-dealkylation sites (N-methyl/N-ethyl adjacent to an activating group) is 2. The Balaban J connectivity index is 0.00000129. The summed E-state index contributed by atoms with van der Waals surface area (Å²) in [6, 6.07) is 3.76. The van der Waals surface area contributed by atoms with E-state index in [1.165, 1.54) is 6.92 Å². The molecule has 42 heavy (non-hydrogen) atoms. The second-order valence-corrected chi connectivity index (χ2v) is 10.9. The second-order valence-electron chi connectivity index (χ2n) is 10.9. The van der Waals surface area contributed by atoms with E-state index in [0.717, 1.165) is 39.7 Å². The molecule has 0 aromatic heterocycles. The summed E-state index contributed by atoms with van der Waals surface area (Å²) >= 11 is 0. The summed E-state index contributed by atoms with van der Waals surface area (Å²) in [5.41, 5.74) is 5.82. The first kappa shape index (κ1) is 31.4. The number of aryl methyl sites for hydroxylation is 2. The van der Waals surface area contributed by atoms with Crippen LogP contribution in [0.3, 0.4) is 0 Å². The first-order valence-corrected chi connectivity index (χ1v) is 14.1. The Morgan fingerprint density at radius 1 is 1.12 bits per heavy atom. The molecule has 0 fully saturated rings. The number of hydrogen-bond acceptors (Lipinski definition) is 11. The van der Waals surface area contributed by atoms with Crippen LogP contribution in [-0.2, 0) is 16.1 Å². The molecule has 0 amide bonds. The highest BCUT2D eigenvalue weighted by Gasteiger charge is 2.48. The normalized spacial score (nSPS) is 21.4. The highest BCUT2D eigenvalue weighted by Crippen LogP contribution is 2.55. The Kier molecular flexibility index (Phi) is 9.84. The van der Waals surface area contributed by atoms with E-state index in [-0.39, 0.29) is 31.7 Å². The van der Waals surface area contributed by atoms with Crippen LogP contribution in [-0.4, -0.2) is 76.6 Å². The van der Waals surface area contributed by atoms with Crippen LogP contribution in [0.1, 0.15) is 59.3 Å². The number of hydrogen-bond donors (Lipinski definition) is 1. The van der Waals surface area contributed by atoms with Crippen LogP contribution in [0.2, 0.25) is 0 Å². The molecule has 1 N–H and O–H groups in total. The van der Waals surface area contributed by atoms with Gasteiger partial charge in [0.2, 0.25) is 13.6 Å². The third-order valence-electron chi connectivity index (χ3n) is 8.14. The Labute approximate surface area is 248 Å². The second kappa shape index (κ2) is 13.2. The lowest BCUT2D eigenvalue weighted by molar-refractivity contribution is -0.247. The molecule has 0 saturated heterocycles. The van der Waals surface area contributed by atoms with Gasteiger partial charge in [0.05, 0.1) is 31.3 Å². The molecular weight excluding hydrogens is 540 g/mol. The fourth-order valence-electron chi connectivity index (χ4n) is 6.68. The van der Waals surface area contributed by atoms with Crippen LogP contribution in [0.5, 0.6) is 28.7 Å². The van der Waals surface area contributed by atoms with Crippen molar-refractivity contribution in [1.29, 1.82) is 5.26 Å². The zero-order valence-electron chi connectivity index (χ0n) is 26.0. The number of nitrogens with zero attached hydrogens (tertiary/aromatic N) is 3. The maximum absolute atomic E-state index is 10.3. The number of methoxy groups -OCH3 is 1. The van der Waals surface area contributed by atoms with Crippen molar-refractivity contribution in [2.75, 3.05) is 48.4 Å². The van der Waals surface area contributed by atoms with Gasteiger partial charge in [0.25, 0.3) is 0 Å². The largest absolute Gasteiger partial charge is 0.493 e. The van der Waals surface area contributed by atoms with Gasteiger partial charge in [-0.1, -0.05) is 6.07 Å². The first-order valence-electron chi connectivity index (χ1n) is 14.1. The Morgan fingerprint density at radius 3 is 2.40 bits per heavy atom. The van der Waals surface area contributed by atoms with Crippen LogP contribution < -0.4 is 29.2 Å². The number of nitrogens with one attached hydrogen (secondary N) is 1. The minimum Gasteiger partial charge on any atom is -0.493 e. The van der Waals surface area contributed by atoms with Crippen molar-refractivity contribution < 1.29 is 33.5 Å². The van der Waals surface area contributed by atoms with Crippen LogP contribution in [0.4, 0.5) is 0 Å². The third kappa shape index (κ3) is 5.36. The summed E-state index contributed by atoms with van der Waals surface area (Å²) < 4.78 is 24.1. The van der Waals surface area contributed by atoms with Crippen molar-refractivity contribution in [3.05, 3.63) is 39.4 Å². The standard InChI is InChI=1S/C29H38N4O6.C2H4O/c1-15-9-16(2)25(34-8)28-22(15)24(32(6)7)20-10-19-23(21(12-31-5)33(20)17(3)11-30)29-27(35-13-36-29)18(4)26(19)39-38-14-37-28;1-2-3/h9,17,20-21,24,31H,10,12-14H2,1-8H3;2H,1H3/t17?,20?,21-,24-;/m0./s1. The van der Waals surface area contributed by atoms with Gasteiger partial charge in [0, 0.05) is 34.8 Å². The molecule has 11 nitrogen and oxygen atoms in total. The van der Waals surface area contributed by atoms with Crippen molar-refractivity contribution in [2.24, 2.45) is 0 Å². The fourth-order valence-corrected chi connectivity index (χ4v) is 6.68. The number of rotatable bonds is 5. The average molecular weight is 583 g/mol. The highest BCUT2D eigenvalue weighted by atomic mass is 17.2. The summed E-state index contributed by atoms with van der Waals surface area (Å²) in [7, 11) is 7.70. The van der Waals surface area contributed by atoms with Gasteiger partial charge in [-0.2, -0.15) is 5.26 Å². The average Bonchev–Trinajstić information content (AvgIpc) is 3.43. The molecule has 2 unspecified atom stereocenters. The minimum atomic E-state index is -0.397. The predicted molar refractivity (Wildman–Crippen MR) is 156 cm³/mol. The van der Waals surface area contributed by atoms with Gasteiger partial charge in [-0.15, -0.1) is 4.89 Å². The smallest absolute Gasteiger partial charge is 0.232 e. The highest BCUT2D eigenvalue weighted by molar-refractivity contribution is 5.66. The van der Waals surface area contributed by atoms with Gasteiger partial charge in [0.1, 0.15) is 6.29 Å². The van der Waals surface area contributed by atoms with Gasteiger partial charge in [-0.05, 0) is 73.3 Å². The fraction of sp³-hybridized carbons (Fsp3) is 0.548. The maximum atomic E-state index is 10.3. The number of ether oxygens (including phenoxy) is 4. The minimum absolute atomic E-state index is 0.130. The predicted octanol–water partition coefficient (Wildman–Crippen LogP) is 3.92. The van der Waals surface area contributed by atoms with Crippen molar-refractivity contribution >= 4 is 6.29 Å². The number of carbonyl (C=O) groups excluding carboxylic acids is 1. The van der Waals surface area contributed by atoms with Crippen molar-refractivity contribution in [2.45, 2.75) is 65.2 Å². The van der Waals surface area contributed by atoms with E-state index in [1.807, 2.05) is 27.8 Å². The Hall–Kier alpha value is -3.56. The topological polar surface area (TPSA) is 115 Å². The third-order valence-corrected chi connectivity index (χ3v) is 8.14. The van der Waals surface area contributed by atoms with Crippen LogP contribution in [0.15, 0.2) is 6.07 Å². The molecule has 5 rings (SSSR count). The van der Waals surface area contributed by atoms with Crippen molar-refractivity contribution in [3.8, 4) is 34.8 Å². The van der Waals surface area contributed by atoms with Crippen molar-refractivity contribution in [1.82, 2.24) is 15.1 Å². The van der Waals surface area contributed by atoms with Gasteiger partial charge in [0.15, 0.2) is 28.7 Å². The molecule has 0 saturated carbocycles. The van der Waals surface area contributed by atoms with Gasteiger partial charge < -0.3 is 38.8 Å². The van der Waals surface area contributed by atoms with E-state index in [4.69, 9.17) is 33.5 Å². The van der Waals surface area contributed by atoms with E-state index >= 15 is 0 Å². The molecule has 0 aliphatic carbocycles. The lowest BCUT2D eigenvalue weighted by atomic mass is 9.79. The lowest BCUT2D eigenvalue weighted by Crippen LogP contribution is -2.55. The molecule has 11 heteroatoms. The van der Waals surface area contributed by atoms with Crippen LogP contribution in [0.25, 0.3) is 0 Å². The number of carbonyl (C=O) groups is 1.